The summed E-state index contributed by atoms with van der Waals surface area (Å²) in [4.78, 5) is 10.6. The average molecular weight is 638 g/mol. The molecule has 10 rings (SSSR count). The van der Waals surface area contributed by atoms with Crippen molar-refractivity contribution < 1.29 is 0 Å². The second-order valence-electron chi connectivity index (χ2n) is 13.0. The molecule has 0 amide bonds. The lowest BCUT2D eigenvalue weighted by Gasteiger charge is -2.13. The molecule has 3 heteroatoms. The summed E-state index contributed by atoms with van der Waals surface area (Å²) in [5.74, 6) is 0.746. The van der Waals surface area contributed by atoms with Crippen LogP contribution in [0.3, 0.4) is 0 Å². The van der Waals surface area contributed by atoms with Crippen molar-refractivity contribution in [3.05, 3.63) is 187 Å². The minimum atomic E-state index is 0.746. The van der Waals surface area contributed by atoms with Crippen molar-refractivity contribution in [2.24, 2.45) is 0 Å². The molecule has 0 radical (unpaired) electrons. The first-order chi connectivity index (χ1) is 24.8. The molecule has 0 unspecified atom stereocenters. The third kappa shape index (κ3) is 4.59. The number of para-hydroxylation sites is 2. The van der Waals surface area contributed by atoms with Crippen LogP contribution in [0, 0.1) is 0 Å². The molecule has 1 aliphatic rings. The van der Waals surface area contributed by atoms with E-state index < -0.39 is 0 Å². The molecule has 234 valence electrons. The van der Waals surface area contributed by atoms with Crippen LogP contribution in [0.1, 0.15) is 11.1 Å². The van der Waals surface area contributed by atoms with Gasteiger partial charge in [0, 0.05) is 45.1 Å². The van der Waals surface area contributed by atoms with Crippen LogP contribution in [0.15, 0.2) is 176 Å². The maximum Gasteiger partial charge on any atom is 0.160 e. The van der Waals surface area contributed by atoms with Crippen molar-refractivity contribution in [3.63, 3.8) is 0 Å². The molecule has 0 atom stereocenters. The summed E-state index contributed by atoms with van der Waals surface area (Å²) in [5.41, 5.74) is 16.1. The fraction of sp³-hybridized carbons (Fsp3) is 0.0213. The van der Waals surface area contributed by atoms with E-state index in [0.29, 0.717) is 0 Å². The zero-order valence-electron chi connectivity index (χ0n) is 27.3. The number of nitrogens with zero attached hydrogens (tertiary/aromatic N) is 3. The Kier molecular flexibility index (Phi) is 6.56. The Bertz CT molecular complexity index is 2670. The third-order valence-corrected chi connectivity index (χ3v) is 10.1. The van der Waals surface area contributed by atoms with Crippen LogP contribution in [0.2, 0.25) is 0 Å². The minimum absolute atomic E-state index is 0.746. The third-order valence-electron chi connectivity index (χ3n) is 10.1. The van der Waals surface area contributed by atoms with E-state index in [1.165, 1.54) is 60.8 Å². The van der Waals surface area contributed by atoms with Gasteiger partial charge in [0.1, 0.15) is 0 Å². The van der Waals surface area contributed by atoms with Crippen molar-refractivity contribution >= 4 is 21.8 Å². The molecule has 7 aromatic carbocycles. The molecule has 1 aliphatic carbocycles. The first-order valence-corrected chi connectivity index (χ1v) is 17.1. The Hall–Kier alpha value is -6.58. The standard InChI is InChI=1S/C47H31N3/c1-3-14-31(15-4-1)33-18-11-20-35(28-33)45-42-30-41-37(24-13-25-40(41)46(42)49-47(48-45)32-16-5-2-6-17-32)34-19-12-21-36(29-34)50-43-26-9-7-22-38(43)39-23-8-10-27-44(39)50/h1-29H,30H2. The number of aromatic nitrogens is 3. The second kappa shape index (κ2) is 11.5. The van der Waals surface area contributed by atoms with E-state index in [1.54, 1.807) is 0 Å². The molecule has 0 saturated carbocycles. The number of hydrogen-bond acceptors (Lipinski definition) is 2. The number of benzene rings is 7. The van der Waals surface area contributed by atoms with Gasteiger partial charge in [0.2, 0.25) is 0 Å². The Morgan fingerprint density at radius 3 is 1.70 bits per heavy atom. The average Bonchev–Trinajstić information content (AvgIpc) is 3.74. The molecule has 0 aliphatic heterocycles. The van der Waals surface area contributed by atoms with Gasteiger partial charge in [-0.1, -0.05) is 146 Å². The quantitative estimate of drug-likeness (QED) is 0.188. The Labute approximate surface area is 290 Å². The molecule has 0 spiro atoms. The van der Waals surface area contributed by atoms with Crippen LogP contribution in [0.25, 0.3) is 83.6 Å². The van der Waals surface area contributed by atoms with Crippen molar-refractivity contribution in [1.29, 1.82) is 0 Å². The molecule has 0 N–H and O–H groups in total. The maximum absolute atomic E-state index is 5.30. The molecule has 2 heterocycles. The Morgan fingerprint density at radius 2 is 0.940 bits per heavy atom. The molecule has 50 heavy (non-hydrogen) atoms. The van der Waals surface area contributed by atoms with Crippen LogP contribution in [0.5, 0.6) is 0 Å². The summed E-state index contributed by atoms with van der Waals surface area (Å²) in [5, 5.41) is 2.53. The summed E-state index contributed by atoms with van der Waals surface area (Å²) in [7, 11) is 0. The van der Waals surface area contributed by atoms with Crippen LogP contribution >= 0.6 is 0 Å². The predicted molar refractivity (Wildman–Crippen MR) is 206 cm³/mol. The van der Waals surface area contributed by atoms with Crippen molar-refractivity contribution in [1.82, 2.24) is 14.5 Å². The van der Waals surface area contributed by atoms with Gasteiger partial charge in [-0.05, 0) is 58.1 Å². The number of hydrogen-bond donors (Lipinski definition) is 0. The van der Waals surface area contributed by atoms with Crippen LogP contribution < -0.4 is 0 Å². The van der Waals surface area contributed by atoms with Crippen LogP contribution in [-0.2, 0) is 6.42 Å². The fourth-order valence-corrected chi connectivity index (χ4v) is 7.77. The fourth-order valence-electron chi connectivity index (χ4n) is 7.77. The molecular weight excluding hydrogens is 607 g/mol. The van der Waals surface area contributed by atoms with Gasteiger partial charge in [-0.15, -0.1) is 0 Å². The summed E-state index contributed by atoms with van der Waals surface area (Å²) >= 11 is 0. The molecular formula is C47H31N3. The van der Waals surface area contributed by atoms with Gasteiger partial charge in [-0.25, -0.2) is 9.97 Å². The topological polar surface area (TPSA) is 30.7 Å². The molecule has 0 fully saturated rings. The Morgan fingerprint density at radius 1 is 0.380 bits per heavy atom. The smallest absolute Gasteiger partial charge is 0.160 e. The number of fused-ring (bicyclic) bond motifs is 6. The normalized spacial score (nSPS) is 11.9. The minimum Gasteiger partial charge on any atom is -0.309 e. The van der Waals surface area contributed by atoms with Gasteiger partial charge in [0.05, 0.1) is 22.4 Å². The predicted octanol–water partition coefficient (Wildman–Crippen LogP) is 11.8. The summed E-state index contributed by atoms with van der Waals surface area (Å²) < 4.78 is 2.39. The van der Waals surface area contributed by atoms with Gasteiger partial charge in [0.15, 0.2) is 5.82 Å². The maximum atomic E-state index is 5.30. The van der Waals surface area contributed by atoms with Crippen LogP contribution in [0.4, 0.5) is 0 Å². The van der Waals surface area contributed by atoms with Crippen molar-refractivity contribution in [3.8, 4) is 61.8 Å². The van der Waals surface area contributed by atoms with E-state index in [4.69, 9.17) is 9.97 Å². The summed E-state index contributed by atoms with van der Waals surface area (Å²) in [6.45, 7) is 0. The highest BCUT2D eigenvalue weighted by Gasteiger charge is 2.28. The molecule has 2 aromatic heterocycles. The van der Waals surface area contributed by atoms with Gasteiger partial charge < -0.3 is 4.57 Å². The highest BCUT2D eigenvalue weighted by atomic mass is 15.0. The monoisotopic (exact) mass is 637 g/mol. The van der Waals surface area contributed by atoms with Gasteiger partial charge in [0.25, 0.3) is 0 Å². The van der Waals surface area contributed by atoms with E-state index in [0.717, 1.165) is 40.4 Å². The van der Waals surface area contributed by atoms with Crippen molar-refractivity contribution in [2.45, 2.75) is 6.42 Å². The van der Waals surface area contributed by atoms with Crippen molar-refractivity contribution in [2.75, 3.05) is 0 Å². The van der Waals surface area contributed by atoms with E-state index >= 15 is 0 Å². The zero-order chi connectivity index (χ0) is 33.0. The number of rotatable bonds is 5. The summed E-state index contributed by atoms with van der Waals surface area (Å²) in [6, 6.07) is 62.7. The SMILES string of the molecule is c1ccc(-c2cccc(-c3nc(-c4ccccc4)nc4c3Cc3c(-c5cccc(-n6c7ccccc7c7ccccc76)c5)cccc3-4)c2)cc1. The first-order valence-electron chi connectivity index (χ1n) is 17.1. The second-order valence-corrected chi connectivity index (χ2v) is 13.0. The highest BCUT2D eigenvalue weighted by Crippen LogP contribution is 2.45. The molecule has 0 bridgehead atoms. The van der Waals surface area contributed by atoms with Gasteiger partial charge >= 0.3 is 0 Å². The lowest BCUT2D eigenvalue weighted by atomic mass is 9.95. The van der Waals surface area contributed by atoms with E-state index in [2.05, 4.69) is 174 Å². The molecule has 9 aromatic rings. The van der Waals surface area contributed by atoms with Gasteiger partial charge in [-0.3, -0.25) is 0 Å². The van der Waals surface area contributed by atoms with Gasteiger partial charge in [-0.2, -0.15) is 0 Å². The van der Waals surface area contributed by atoms with E-state index in [-0.39, 0.29) is 0 Å². The van der Waals surface area contributed by atoms with E-state index in [1.807, 2.05) is 6.07 Å². The molecule has 3 nitrogen and oxygen atoms in total. The van der Waals surface area contributed by atoms with E-state index in [9.17, 15) is 0 Å². The summed E-state index contributed by atoms with van der Waals surface area (Å²) in [6.07, 6.45) is 0.764. The zero-order valence-corrected chi connectivity index (χ0v) is 27.3. The first kappa shape index (κ1) is 28.4. The molecule has 0 saturated heterocycles. The lowest BCUT2D eigenvalue weighted by Crippen LogP contribution is -1.99. The largest absolute Gasteiger partial charge is 0.309 e. The highest BCUT2D eigenvalue weighted by molar-refractivity contribution is 6.09. The van der Waals surface area contributed by atoms with Crippen LogP contribution in [-0.4, -0.2) is 14.5 Å². The lowest BCUT2D eigenvalue weighted by molar-refractivity contribution is 1.13. The Balaban J connectivity index is 1.14.